The van der Waals surface area contributed by atoms with Crippen molar-refractivity contribution in [2.24, 2.45) is 35.5 Å². The summed E-state index contributed by atoms with van der Waals surface area (Å²) in [7, 11) is 1.30. The van der Waals surface area contributed by atoms with E-state index in [1.807, 2.05) is 45.1 Å². The molecule has 10 nitrogen and oxygen atoms in total. The van der Waals surface area contributed by atoms with Gasteiger partial charge in [0, 0.05) is 17.2 Å². The predicted octanol–water partition coefficient (Wildman–Crippen LogP) is 8.16. The molecule has 352 valence electrons. The maximum absolute atomic E-state index is 13.6. The molecule has 1 aliphatic carbocycles. The molecule has 11 heteroatoms. The average Bonchev–Trinajstić information content (AvgIpc) is 4.02. The number of nitrogens with zero attached hydrogens (tertiary/aromatic N) is 4. The molecule has 2 aliphatic heterocycles. The molecule has 0 amide bonds. The van der Waals surface area contributed by atoms with E-state index < -0.39 is 17.9 Å². The number of aromatic nitrogens is 3. The van der Waals surface area contributed by atoms with E-state index in [1.54, 1.807) is 6.08 Å². The Morgan fingerprint density at radius 2 is 1.52 bits per heavy atom. The fourth-order valence-corrected chi connectivity index (χ4v) is 10.3. The molecule has 3 aliphatic rings. The first kappa shape index (κ1) is 52.5. The number of hydrogen-bond acceptors (Lipinski definition) is 6. The van der Waals surface area contributed by atoms with Crippen LogP contribution in [0.1, 0.15) is 169 Å². The Kier molecular flexibility index (Phi) is 18.7. The zero-order valence-electron chi connectivity index (χ0n) is 41.4. The van der Waals surface area contributed by atoms with Gasteiger partial charge in [0.05, 0.1) is 7.11 Å². The maximum atomic E-state index is 13.6. The van der Waals surface area contributed by atoms with Gasteiger partial charge in [0.25, 0.3) is 0 Å². The van der Waals surface area contributed by atoms with E-state index in [1.165, 1.54) is 57.6 Å². The zero-order chi connectivity index (χ0) is 47.1. The number of carbonyl (C=O) groups is 3. The van der Waals surface area contributed by atoms with E-state index in [9.17, 15) is 19.5 Å². The van der Waals surface area contributed by atoms with Gasteiger partial charge in [0.1, 0.15) is 24.6 Å². The second-order valence-corrected chi connectivity index (χ2v) is 19.5. The molecule has 0 saturated carbocycles. The number of hydrogen-bond donors (Lipinski definition) is 1. The molecule has 1 N–H and O–H groups in total. The number of aldehydes is 1. The van der Waals surface area contributed by atoms with Gasteiger partial charge >= 0.3 is 35.0 Å². The first-order valence-corrected chi connectivity index (χ1v) is 24.2. The summed E-state index contributed by atoms with van der Waals surface area (Å²) in [6.45, 7) is 23.7. The van der Waals surface area contributed by atoms with Crippen LogP contribution in [0.15, 0.2) is 23.9 Å². The fourth-order valence-electron chi connectivity index (χ4n) is 10.3. The molecule has 66 heavy (non-hydrogen) atoms. The third-order valence-electron chi connectivity index (χ3n) is 14.4. The summed E-state index contributed by atoms with van der Waals surface area (Å²) >= 11 is 0. The van der Waals surface area contributed by atoms with Crippen molar-refractivity contribution >= 4 is 76.9 Å². The van der Waals surface area contributed by atoms with Crippen LogP contribution in [0.5, 0.6) is 0 Å². The van der Waals surface area contributed by atoms with Gasteiger partial charge in [-0.3, -0.25) is 14.4 Å². The van der Waals surface area contributed by atoms with Gasteiger partial charge in [0.2, 0.25) is 0 Å². The van der Waals surface area contributed by atoms with E-state index in [4.69, 9.17) is 29.7 Å². The van der Waals surface area contributed by atoms with Crippen molar-refractivity contribution in [3.05, 3.63) is 95.4 Å². The predicted molar refractivity (Wildman–Crippen MR) is 266 cm³/mol. The minimum absolute atomic E-state index is 0. The van der Waals surface area contributed by atoms with Crippen molar-refractivity contribution in [1.29, 1.82) is 0 Å². The molecule has 6 atom stereocenters. The smallest absolute Gasteiger partial charge is 0.681 e. The summed E-state index contributed by atoms with van der Waals surface area (Å²) in [6.07, 6.45) is 22.5. The second-order valence-electron chi connectivity index (χ2n) is 19.5. The van der Waals surface area contributed by atoms with Crippen molar-refractivity contribution in [3.8, 4) is 0 Å². The Balaban J connectivity index is 0.00000817. The SMILES string of the molecule is C=Cc1c2[n-]c(c1C=O)/C=C1\[N-]C(C3=c4[n-]c(c(C)c4=C(O)[C@@H]3C(=O)OC)/C=c3\[n-]/c(c(C)c3CC)=C\2)[C@@H](CCC(=O)OC/C=C(\C)CCC[C@H](C)CCC[C@H](C)CCCC(C)C)[C@@H]1C.[Mg+2]. The molecule has 0 aromatic carbocycles. The topological polar surface area (TPSA) is 146 Å². The van der Waals surface area contributed by atoms with Crippen LogP contribution >= 0.6 is 0 Å². The van der Waals surface area contributed by atoms with Crippen molar-refractivity contribution in [2.75, 3.05) is 13.7 Å². The number of allylic oxidation sites excluding steroid dienone is 2. The van der Waals surface area contributed by atoms with Crippen LogP contribution in [0.2, 0.25) is 0 Å². The van der Waals surface area contributed by atoms with E-state index in [2.05, 4.69) is 48.1 Å². The number of esters is 2. The first-order chi connectivity index (χ1) is 31.1. The van der Waals surface area contributed by atoms with Crippen LogP contribution in [-0.2, 0) is 25.5 Å². The van der Waals surface area contributed by atoms with Gasteiger partial charge < -0.3 is 34.8 Å². The Morgan fingerprint density at radius 3 is 2.15 bits per heavy atom. The molecule has 5 heterocycles. The Labute approximate surface area is 408 Å². The van der Waals surface area contributed by atoms with Gasteiger partial charge in [-0.05, 0) is 87.7 Å². The molecule has 3 aromatic heterocycles. The van der Waals surface area contributed by atoms with Crippen LogP contribution in [0, 0.1) is 49.4 Å². The number of ether oxygens (including phenoxy) is 2. The normalized spacial score (nSPS) is 21.4. The van der Waals surface area contributed by atoms with E-state index in [-0.39, 0.29) is 59.6 Å². The molecule has 1 fully saturated rings. The van der Waals surface area contributed by atoms with E-state index in [0.717, 1.165) is 58.4 Å². The Hall–Kier alpha value is -4.48. The third-order valence-corrected chi connectivity index (χ3v) is 14.4. The molecule has 0 radical (unpaired) electrons. The monoisotopic (exact) mass is 909 g/mol. The molecule has 1 unspecified atom stereocenters. The maximum Gasteiger partial charge on any atom is 2.00 e. The van der Waals surface area contributed by atoms with Crippen molar-refractivity contribution in [2.45, 2.75) is 145 Å². The minimum atomic E-state index is -1.13. The number of carbonyl (C=O) groups excluding carboxylic acids is 3. The van der Waals surface area contributed by atoms with Gasteiger partial charge in [-0.15, -0.1) is 33.1 Å². The number of aliphatic hydroxyl groups excluding tert-OH is 1. The third kappa shape index (κ3) is 11.6. The second kappa shape index (κ2) is 23.5. The largest absolute Gasteiger partial charge is 2.00 e. The van der Waals surface area contributed by atoms with Gasteiger partial charge in [-0.25, -0.2) is 0 Å². The Morgan fingerprint density at radius 1 is 0.864 bits per heavy atom. The number of fused-ring (bicyclic) bond motifs is 8. The average molecular weight is 910 g/mol. The zero-order valence-corrected chi connectivity index (χ0v) is 42.8. The van der Waals surface area contributed by atoms with Crippen LogP contribution in [0.3, 0.4) is 0 Å². The number of methoxy groups -OCH3 is 1. The van der Waals surface area contributed by atoms with Crippen LogP contribution in [0.4, 0.5) is 0 Å². The van der Waals surface area contributed by atoms with Gasteiger partial charge in [0.15, 0.2) is 0 Å². The van der Waals surface area contributed by atoms with Gasteiger partial charge in [-0.1, -0.05) is 151 Å². The first-order valence-electron chi connectivity index (χ1n) is 24.2. The van der Waals surface area contributed by atoms with Crippen LogP contribution in [-0.4, -0.2) is 66.1 Å². The molecule has 0 spiro atoms. The van der Waals surface area contributed by atoms with E-state index in [0.29, 0.717) is 68.8 Å². The fraction of sp³-hybridized carbons (Fsp3) is 0.545. The number of aliphatic hydroxyl groups is 1. The van der Waals surface area contributed by atoms with Crippen LogP contribution < -0.4 is 36.2 Å². The van der Waals surface area contributed by atoms with Crippen molar-refractivity contribution in [1.82, 2.24) is 15.0 Å². The quantitative estimate of drug-likeness (QED) is 0.0484. The molecular formula is C55H72MgN4O6-2. The summed E-state index contributed by atoms with van der Waals surface area (Å²) in [5.74, 6) is -0.431. The summed E-state index contributed by atoms with van der Waals surface area (Å²) in [4.78, 5) is 54.9. The van der Waals surface area contributed by atoms with Crippen molar-refractivity contribution in [3.63, 3.8) is 0 Å². The summed E-state index contributed by atoms with van der Waals surface area (Å²) < 4.78 is 11.1. The molecule has 6 rings (SSSR count). The summed E-state index contributed by atoms with van der Waals surface area (Å²) in [6, 6.07) is -0.661. The molecule has 8 bridgehead atoms. The van der Waals surface area contributed by atoms with Gasteiger partial charge in [-0.2, -0.15) is 5.70 Å². The summed E-state index contributed by atoms with van der Waals surface area (Å²) in [5, 5.41) is 19.6. The van der Waals surface area contributed by atoms with E-state index >= 15 is 0 Å². The standard InChI is InChI=1S/C55H73N4O6.Mg/c1-12-38-35(8)42-27-46-39(13-2)41(30-60)47(57-46)28-43-36(9)40(52(58-43)50-51(55(63)64-11)54(62)49-37(10)44(59-53(49)50)29-45(38)56-42)23-24-48(61)65-26-25-34(7)22-16-21-33(6)20-15-19-32(5)18-14-17-31(3)4;/h13,25,27-33,36,40,51-52H,2,12,14-24,26H2,1,3-11H3,(H2-,57,58,60,62);/q-3;+2/p-1/b34-25+,42-27-,45-29-;/t32-,33-,36+,40+,51-,52?;/m1./s1. The number of rotatable bonds is 21. The van der Waals surface area contributed by atoms with Crippen molar-refractivity contribution < 1.29 is 29.0 Å². The summed E-state index contributed by atoms with van der Waals surface area (Å²) in [5.41, 5.74) is 7.79. The van der Waals surface area contributed by atoms with Crippen LogP contribution in [0.25, 0.3) is 41.0 Å². The molecule has 1 saturated heterocycles. The Bertz CT molecular complexity index is 2570. The molecular weight excluding hydrogens is 837 g/mol. The minimum Gasteiger partial charge on any atom is -0.681 e. The molecule has 3 aromatic rings.